The molecule has 2 aromatic heterocycles. The van der Waals surface area contributed by atoms with Gasteiger partial charge in [-0.1, -0.05) is 24.3 Å². The predicted octanol–water partition coefficient (Wildman–Crippen LogP) is 2.34. The van der Waals surface area contributed by atoms with Gasteiger partial charge in [0.2, 0.25) is 9.84 Å². The Morgan fingerprint density at radius 1 is 0.909 bits per heavy atom. The quantitative estimate of drug-likeness (QED) is 0.614. The summed E-state index contributed by atoms with van der Waals surface area (Å²) in [6, 6.07) is 13.2. The zero-order chi connectivity index (χ0) is 15.2. The van der Waals surface area contributed by atoms with Gasteiger partial charge in [-0.25, -0.2) is 23.4 Å². The van der Waals surface area contributed by atoms with Crippen LogP contribution in [0.15, 0.2) is 64.6 Å². The van der Waals surface area contributed by atoms with Gasteiger partial charge in [0.1, 0.15) is 5.52 Å². The molecule has 2 aromatic carbocycles. The van der Waals surface area contributed by atoms with Gasteiger partial charge in [-0.2, -0.15) is 0 Å². The van der Waals surface area contributed by atoms with Crippen molar-refractivity contribution in [3.05, 3.63) is 54.9 Å². The molecule has 0 saturated carbocycles. The number of nitrogens with one attached hydrogen (secondary N) is 1. The van der Waals surface area contributed by atoms with Gasteiger partial charge in [0.15, 0.2) is 11.3 Å². The third-order valence-electron chi connectivity index (χ3n) is 3.37. The van der Waals surface area contributed by atoms with E-state index in [-0.39, 0.29) is 9.79 Å². The Morgan fingerprint density at radius 3 is 2.55 bits per heavy atom. The maximum atomic E-state index is 12.8. The van der Waals surface area contributed by atoms with Gasteiger partial charge in [-0.3, -0.25) is 0 Å². The summed E-state index contributed by atoms with van der Waals surface area (Å²) in [6.07, 6.45) is 1.48. The van der Waals surface area contributed by atoms with Gasteiger partial charge in [0, 0.05) is 0 Å². The number of hydrogen-bond donors (Lipinski definition) is 1. The zero-order valence-corrected chi connectivity index (χ0v) is 12.1. The first-order chi connectivity index (χ1) is 10.7. The summed E-state index contributed by atoms with van der Waals surface area (Å²) in [7, 11) is -3.66. The SMILES string of the molecule is O=S(=O)(c1ccccc1)c1cccc2nc3[nH]cnc3nc12. The molecule has 0 bridgehead atoms. The number of aromatic nitrogens is 4. The molecule has 0 unspecified atom stereocenters. The minimum atomic E-state index is -3.66. The Morgan fingerprint density at radius 2 is 1.73 bits per heavy atom. The van der Waals surface area contributed by atoms with Gasteiger partial charge >= 0.3 is 0 Å². The third kappa shape index (κ3) is 1.86. The summed E-state index contributed by atoms with van der Waals surface area (Å²) in [4.78, 5) is 16.0. The number of H-pyrrole nitrogens is 1. The summed E-state index contributed by atoms with van der Waals surface area (Å²) in [5.74, 6) is 0. The second-order valence-electron chi connectivity index (χ2n) is 4.74. The number of rotatable bonds is 2. The molecule has 0 fully saturated rings. The van der Waals surface area contributed by atoms with Crippen LogP contribution in [0.3, 0.4) is 0 Å². The molecule has 0 aliphatic rings. The average Bonchev–Trinajstić information content (AvgIpc) is 3.00. The molecule has 0 amide bonds. The van der Waals surface area contributed by atoms with Crippen LogP contribution in [0, 0.1) is 0 Å². The molecule has 0 aliphatic heterocycles. The maximum Gasteiger partial charge on any atom is 0.208 e. The molecule has 6 nitrogen and oxygen atoms in total. The van der Waals surface area contributed by atoms with Gasteiger partial charge in [-0.15, -0.1) is 0 Å². The Labute approximate surface area is 125 Å². The van der Waals surface area contributed by atoms with E-state index in [0.717, 1.165) is 0 Å². The molecule has 0 spiro atoms. The molecular weight excluding hydrogens is 300 g/mol. The van der Waals surface area contributed by atoms with Gasteiger partial charge in [-0.05, 0) is 24.3 Å². The standard InChI is InChI=1S/C15H10N4O2S/c20-22(21,10-5-2-1-3-6-10)12-8-4-7-11-13(12)19-15-14(18-11)16-9-17-15/h1-9H,(H,16,17,18,19). The Bertz CT molecular complexity index is 1090. The normalized spacial score (nSPS) is 12.0. The molecular formula is C15H10N4O2S. The highest BCUT2D eigenvalue weighted by Crippen LogP contribution is 2.27. The minimum Gasteiger partial charge on any atom is -0.328 e. The van der Waals surface area contributed by atoms with Gasteiger partial charge in [0.05, 0.1) is 21.6 Å². The highest BCUT2D eigenvalue weighted by molar-refractivity contribution is 7.91. The van der Waals surface area contributed by atoms with Gasteiger partial charge < -0.3 is 4.98 Å². The van der Waals surface area contributed by atoms with Crippen molar-refractivity contribution >= 4 is 32.2 Å². The summed E-state index contributed by atoms with van der Waals surface area (Å²) >= 11 is 0. The van der Waals surface area contributed by atoms with Crippen LogP contribution in [-0.4, -0.2) is 28.4 Å². The largest absolute Gasteiger partial charge is 0.328 e. The summed E-state index contributed by atoms with van der Waals surface area (Å²) in [5, 5.41) is 0. The van der Waals surface area contributed by atoms with Crippen molar-refractivity contribution in [3.63, 3.8) is 0 Å². The predicted molar refractivity (Wildman–Crippen MR) is 81.1 cm³/mol. The van der Waals surface area contributed by atoms with Crippen LogP contribution in [0.1, 0.15) is 0 Å². The van der Waals surface area contributed by atoms with Crippen molar-refractivity contribution in [2.45, 2.75) is 9.79 Å². The molecule has 4 aromatic rings. The number of sulfone groups is 1. The lowest BCUT2D eigenvalue weighted by Gasteiger charge is -2.07. The van der Waals surface area contributed by atoms with Crippen molar-refractivity contribution in [2.24, 2.45) is 0 Å². The number of fused-ring (bicyclic) bond motifs is 2. The Hall–Kier alpha value is -2.80. The number of hydrogen-bond acceptors (Lipinski definition) is 5. The Balaban J connectivity index is 2.06. The molecule has 22 heavy (non-hydrogen) atoms. The third-order valence-corrected chi connectivity index (χ3v) is 5.17. The molecule has 108 valence electrons. The zero-order valence-electron chi connectivity index (χ0n) is 11.3. The lowest BCUT2D eigenvalue weighted by molar-refractivity contribution is 0.597. The first-order valence-corrected chi connectivity index (χ1v) is 8.04. The van der Waals surface area contributed by atoms with Crippen LogP contribution < -0.4 is 0 Å². The van der Waals surface area contributed by atoms with Crippen LogP contribution in [-0.2, 0) is 9.84 Å². The highest BCUT2D eigenvalue weighted by Gasteiger charge is 2.21. The van der Waals surface area contributed by atoms with E-state index in [2.05, 4.69) is 19.9 Å². The van der Waals surface area contributed by atoms with Crippen LogP contribution in [0.4, 0.5) is 0 Å². The van der Waals surface area contributed by atoms with Crippen LogP contribution in [0.2, 0.25) is 0 Å². The van der Waals surface area contributed by atoms with E-state index in [1.165, 1.54) is 12.4 Å². The number of benzene rings is 2. The highest BCUT2D eigenvalue weighted by atomic mass is 32.2. The van der Waals surface area contributed by atoms with E-state index in [4.69, 9.17) is 0 Å². The number of nitrogens with zero attached hydrogens (tertiary/aromatic N) is 3. The van der Waals surface area contributed by atoms with Crippen molar-refractivity contribution in [2.75, 3.05) is 0 Å². The van der Waals surface area contributed by atoms with E-state index in [0.29, 0.717) is 22.3 Å². The minimum absolute atomic E-state index is 0.133. The fourth-order valence-electron chi connectivity index (χ4n) is 2.33. The molecule has 4 rings (SSSR count). The van der Waals surface area contributed by atoms with Crippen LogP contribution in [0.25, 0.3) is 22.3 Å². The molecule has 0 aliphatic carbocycles. The summed E-state index contributed by atoms with van der Waals surface area (Å²) in [5.41, 5.74) is 1.75. The van der Waals surface area contributed by atoms with E-state index >= 15 is 0 Å². The molecule has 1 N–H and O–H groups in total. The average molecular weight is 310 g/mol. The number of para-hydroxylation sites is 1. The van der Waals surface area contributed by atoms with E-state index in [1.54, 1.807) is 42.5 Å². The van der Waals surface area contributed by atoms with E-state index < -0.39 is 9.84 Å². The lowest BCUT2D eigenvalue weighted by atomic mass is 10.3. The van der Waals surface area contributed by atoms with Gasteiger partial charge in [0.25, 0.3) is 0 Å². The first-order valence-electron chi connectivity index (χ1n) is 6.56. The number of imidazole rings is 1. The van der Waals surface area contributed by atoms with Crippen molar-refractivity contribution in [1.82, 2.24) is 19.9 Å². The van der Waals surface area contributed by atoms with Crippen molar-refractivity contribution < 1.29 is 8.42 Å². The lowest BCUT2D eigenvalue weighted by Crippen LogP contribution is -2.04. The molecule has 0 saturated heterocycles. The second-order valence-corrected chi connectivity index (χ2v) is 6.66. The molecule has 0 atom stereocenters. The number of aromatic amines is 1. The maximum absolute atomic E-state index is 12.8. The fourth-order valence-corrected chi connectivity index (χ4v) is 3.76. The van der Waals surface area contributed by atoms with Crippen LogP contribution >= 0.6 is 0 Å². The summed E-state index contributed by atoms with van der Waals surface area (Å²) in [6.45, 7) is 0. The smallest absolute Gasteiger partial charge is 0.208 e. The van der Waals surface area contributed by atoms with Crippen molar-refractivity contribution in [1.29, 1.82) is 0 Å². The topological polar surface area (TPSA) is 88.6 Å². The van der Waals surface area contributed by atoms with E-state index in [9.17, 15) is 8.42 Å². The first kappa shape index (κ1) is 12.9. The molecule has 7 heteroatoms. The van der Waals surface area contributed by atoms with E-state index in [1.807, 2.05) is 0 Å². The van der Waals surface area contributed by atoms with Crippen LogP contribution in [0.5, 0.6) is 0 Å². The monoisotopic (exact) mass is 310 g/mol. The fraction of sp³-hybridized carbons (Fsp3) is 0. The summed E-state index contributed by atoms with van der Waals surface area (Å²) < 4.78 is 25.7. The Kier molecular flexibility index (Phi) is 2.70. The molecule has 2 heterocycles. The second kappa shape index (κ2) is 4.60. The van der Waals surface area contributed by atoms with Crippen molar-refractivity contribution in [3.8, 4) is 0 Å². The molecule has 0 radical (unpaired) electrons.